The maximum atomic E-state index is 11.7. The lowest BCUT2D eigenvalue weighted by molar-refractivity contribution is 0.199. The lowest BCUT2D eigenvalue weighted by Crippen LogP contribution is -2.21. The molecule has 4 nitrogen and oxygen atoms in total. The number of fused-ring (bicyclic) bond motifs is 1. The van der Waals surface area contributed by atoms with Crippen LogP contribution in [0.2, 0.25) is 0 Å². The molecule has 0 aliphatic rings. The molecular formula is C15H20N2O2. The minimum atomic E-state index is 0.0880. The second-order valence-electron chi connectivity index (χ2n) is 4.49. The first-order valence-electron chi connectivity index (χ1n) is 6.61. The summed E-state index contributed by atoms with van der Waals surface area (Å²) in [6, 6.07) is 9.39. The molecule has 1 aromatic carbocycles. The number of pyridine rings is 1. The normalized spacial score (nSPS) is 11.0. The van der Waals surface area contributed by atoms with Crippen molar-refractivity contribution >= 4 is 10.9 Å². The van der Waals surface area contributed by atoms with E-state index < -0.39 is 0 Å². The number of hydrogen-bond donors (Lipinski definition) is 1. The van der Waals surface area contributed by atoms with Crippen LogP contribution in [0, 0.1) is 0 Å². The second-order valence-corrected chi connectivity index (χ2v) is 4.49. The van der Waals surface area contributed by atoms with Crippen LogP contribution in [-0.4, -0.2) is 31.4 Å². The Labute approximate surface area is 113 Å². The first-order chi connectivity index (χ1) is 9.33. The summed E-state index contributed by atoms with van der Waals surface area (Å²) in [4.78, 5) is 11.7. The van der Waals surface area contributed by atoms with Crippen LogP contribution in [0.25, 0.3) is 10.9 Å². The molecule has 0 fully saturated rings. The predicted octanol–water partition coefficient (Wildman–Crippen LogP) is 1.63. The number of benzene rings is 1. The zero-order valence-corrected chi connectivity index (χ0v) is 11.3. The van der Waals surface area contributed by atoms with Crippen LogP contribution in [0.15, 0.2) is 41.3 Å². The van der Waals surface area contributed by atoms with Crippen molar-refractivity contribution in [3.05, 3.63) is 46.8 Å². The molecule has 102 valence electrons. The molecule has 0 aliphatic carbocycles. The average molecular weight is 260 g/mol. The average Bonchev–Trinajstić information content (AvgIpc) is 2.45. The van der Waals surface area contributed by atoms with E-state index in [0.717, 1.165) is 43.6 Å². The molecule has 0 radical (unpaired) electrons. The van der Waals surface area contributed by atoms with Crippen LogP contribution in [0.5, 0.6) is 0 Å². The minimum absolute atomic E-state index is 0.0880. The quantitative estimate of drug-likeness (QED) is 0.769. The summed E-state index contributed by atoms with van der Waals surface area (Å²) in [5, 5.41) is 4.11. The first kappa shape index (κ1) is 13.8. The Morgan fingerprint density at radius 3 is 2.89 bits per heavy atom. The van der Waals surface area contributed by atoms with Gasteiger partial charge in [0, 0.05) is 37.8 Å². The molecule has 4 heteroatoms. The molecule has 19 heavy (non-hydrogen) atoms. The van der Waals surface area contributed by atoms with Crippen LogP contribution < -0.4 is 10.7 Å². The number of aromatic nitrogens is 1. The van der Waals surface area contributed by atoms with Gasteiger partial charge >= 0.3 is 0 Å². The largest absolute Gasteiger partial charge is 0.383 e. The lowest BCUT2D eigenvalue weighted by Gasteiger charge is -2.10. The van der Waals surface area contributed by atoms with E-state index in [-0.39, 0.29) is 5.43 Å². The third-order valence-electron chi connectivity index (χ3n) is 3.12. The number of methoxy groups -OCH3 is 1. The van der Waals surface area contributed by atoms with Crippen molar-refractivity contribution in [3.8, 4) is 0 Å². The molecule has 0 amide bonds. The Hall–Kier alpha value is -1.65. The number of hydrogen-bond acceptors (Lipinski definition) is 3. The van der Waals surface area contributed by atoms with E-state index >= 15 is 0 Å². The molecule has 0 saturated heterocycles. The minimum Gasteiger partial charge on any atom is -0.383 e. The SMILES string of the molecule is COCCNCCCn1ccc(=O)c2ccccc21. The molecule has 2 aromatic rings. The first-order valence-corrected chi connectivity index (χ1v) is 6.61. The van der Waals surface area contributed by atoms with E-state index in [1.807, 2.05) is 30.5 Å². The van der Waals surface area contributed by atoms with Crippen LogP contribution >= 0.6 is 0 Å². The van der Waals surface area contributed by atoms with Gasteiger partial charge in [0.05, 0.1) is 12.1 Å². The van der Waals surface area contributed by atoms with Crippen LogP contribution in [0.1, 0.15) is 6.42 Å². The zero-order chi connectivity index (χ0) is 13.5. The summed E-state index contributed by atoms with van der Waals surface area (Å²) in [5.41, 5.74) is 1.09. The summed E-state index contributed by atoms with van der Waals surface area (Å²) in [6.07, 6.45) is 2.90. The molecule has 1 heterocycles. The number of aryl methyl sites for hydroxylation is 1. The summed E-state index contributed by atoms with van der Waals surface area (Å²) in [5.74, 6) is 0. The molecule has 2 rings (SSSR count). The van der Waals surface area contributed by atoms with Crippen molar-refractivity contribution < 1.29 is 4.74 Å². The maximum absolute atomic E-state index is 11.7. The number of para-hydroxylation sites is 1. The van der Waals surface area contributed by atoms with Crippen molar-refractivity contribution in [1.29, 1.82) is 0 Å². The summed E-state index contributed by atoms with van der Waals surface area (Å²) in [7, 11) is 1.70. The van der Waals surface area contributed by atoms with Crippen molar-refractivity contribution in [2.75, 3.05) is 26.8 Å². The Morgan fingerprint density at radius 2 is 2.05 bits per heavy atom. The third kappa shape index (κ3) is 3.66. The Kier molecular flexibility index (Phi) is 5.12. The smallest absolute Gasteiger partial charge is 0.189 e. The van der Waals surface area contributed by atoms with E-state index in [4.69, 9.17) is 4.74 Å². The molecule has 0 bridgehead atoms. The second kappa shape index (κ2) is 7.07. The predicted molar refractivity (Wildman–Crippen MR) is 77.6 cm³/mol. The van der Waals surface area contributed by atoms with Crippen LogP contribution in [0.3, 0.4) is 0 Å². The zero-order valence-electron chi connectivity index (χ0n) is 11.3. The highest BCUT2D eigenvalue weighted by Gasteiger charge is 2.01. The maximum Gasteiger partial charge on any atom is 0.189 e. The molecule has 1 N–H and O–H groups in total. The highest BCUT2D eigenvalue weighted by Crippen LogP contribution is 2.09. The lowest BCUT2D eigenvalue weighted by atomic mass is 10.2. The highest BCUT2D eigenvalue weighted by molar-refractivity contribution is 5.78. The van der Waals surface area contributed by atoms with Crippen molar-refractivity contribution in [3.63, 3.8) is 0 Å². The van der Waals surface area contributed by atoms with Gasteiger partial charge in [0.25, 0.3) is 0 Å². The Balaban J connectivity index is 1.98. The van der Waals surface area contributed by atoms with E-state index in [1.54, 1.807) is 13.2 Å². The third-order valence-corrected chi connectivity index (χ3v) is 3.12. The summed E-state index contributed by atoms with van der Waals surface area (Å²) >= 11 is 0. The van der Waals surface area contributed by atoms with Crippen molar-refractivity contribution in [2.24, 2.45) is 0 Å². The van der Waals surface area contributed by atoms with Crippen molar-refractivity contribution in [2.45, 2.75) is 13.0 Å². The molecule has 0 atom stereocenters. The highest BCUT2D eigenvalue weighted by atomic mass is 16.5. The fourth-order valence-electron chi connectivity index (χ4n) is 2.13. The van der Waals surface area contributed by atoms with Crippen LogP contribution in [0.4, 0.5) is 0 Å². The van der Waals surface area contributed by atoms with Gasteiger partial charge in [-0.05, 0) is 25.1 Å². The van der Waals surface area contributed by atoms with Gasteiger partial charge in [-0.1, -0.05) is 12.1 Å². The van der Waals surface area contributed by atoms with Crippen molar-refractivity contribution in [1.82, 2.24) is 9.88 Å². The van der Waals surface area contributed by atoms with Gasteiger partial charge in [0.2, 0.25) is 0 Å². The standard InChI is InChI=1S/C15H20N2O2/c1-19-12-9-16-8-4-10-17-11-7-15(18)13-5-2-3-6-14(13)17/h2-3,5-7,11,16H,4,8-10,12H2,1H3. The van der Waals surface area contributed by atoms with Gasteiger partial charge in [-0.2, -0.15) is 0 Å². The van der Waals surface area contributed by atoms with Gasteiger partial charge < -0.3 is 14.6 Å². The monoisotopic (exact) mass is 260 g/mol. The summed E-state index contributed by atoms with van der Waals surface area (Å²) < 4.78 is 7.11. The van der Waals surface area contributed by atoms with Gasteiger partial charge in [0.15, 0.2) is 5.43 Å². The van der Waals surface area contributed by atoms with E-state index in [1.165, 1.54) is 0 Å². The van der Waals surface area contributed by atoms with E-state index in [0.29, 0.717) is 0 Å². The Bertz CT molecular complexity index is 578. The number of nitrogens with one attached hydrogen (secondary N) is 1. The topological polar surface area (TPSA) is 43.3 Å². The number of nitrogens with zero attached hydrogens (tertiary/aromatic N) is 1. The Morgan fingerprint density at radius 1 is 1.21 bits per heavy atom. The van der Waals surface area contributed by atoms with Gasteiger partial charge in [0.1, 0.15) is 0 Å². The molecular weight excluding hydrogens is 240 g/mol. The van der Waals surface area contributed by atoms with E-state index in [9.17, 15) is 4.79 Å². The number of ether oxygens (including phenoxy) is 1. The molecule has 0 aliphatic heterocycles. The van der Waals surface area contributed by atoms with Gasteiger partial charge in [-0.25, -0.2) is 0 Å². The number of rotatable bonds is 7. The van der Waals surface area contributed by atoms with E-state index in [2.05, 4.69) is 9.88 Å². The van der Waals surface area contributed by atoms with Crippen LogP contribution in [-0.2, 0) is 11.3 Å². The molecule has 0 spiro atoms. The molecule has 0 saturated carbocycles. The summed E-state index contributed by atoms with van der Waals surface area (Å²) in [6.45, 7) is 3.47. The fraction of sp³-hybridized carbons (Fsp3) is 0.400. The van der Waals surface area contributed by atoms with Gasteiger partial charge in [-0.15, -0.1) is 0 Å². The molecule has 0 unspecified atom stereocenters. The van der Waals surface area contributed by atoms with Gasteiger partial charge in [-0.3, -0.25) is 4.79 Å². The fourth-order valence-corrected chi connectivity index (χ4v) is 2.13. The molecule has 1 aromatic heterocycles.